The Morgan fingerprint density at radius 1 is 1.30 bits per heavy atom. The van der Waals surface area contributed by atoms with Crippen molar-refractivity contribution in [2.75, 3.05) is 11.9 Å². The lowest BCUT2D eigenvalue weighted by atomic mass is 9.78. The normalized spacial score (nSPS) is 22.6. The van der Waals surface area contributed by atoms with E-state index in [1.54, 1.807) is 0 Å². The Bertz CT molecular complexity index is 510. The van der Waals surface area contributed by atoms with Crippen LogP contribution >= 0.6 is 15.9 Å². The Morgan fingerprint density at radius 2 is 2.00 bits per heavy atom. The summed E-state index contributed by atoms with van der Waals surface area (Å²) in [7, 11) is 0. The number of hydrogen-bond donors (Lipinski definition) is 2. The first-order valence-corrected chi connectivity index (χ1v) is 7.47. The van der Waals surface area contributed by atoms with E-state index in [2.05, 4.69) is 21.2 Å². The van der Waals surface area contributed by atoms with Crippen molar-refractivity contribution >= 4 is 27.5 Å². The second-order valence-corrected chi connectivity index (χ2v) is 5.98. The Labute approximate surface area is 125 Å². The number of anilines is 1. The fourth-order valence-electron chi connectivity index (χ4n) is 2.68. The second kappa shape index (κ2) is 6.63. The molecule has 110 valence electrons. The van der Waals surface area contributed by atoms with Crippen LogP contribution in [0.2, 0.25) is 0 Å². The van der Waals surface area contributed by atoms with Crippen LogP contribution < -0.4 is 11.1 Å². The van der Waals surface area contributed by atoms with Gasteiger partial charge in [0.1, 0.15) is 11.6 Å². The fraction of sp³-hybridized carbons (Fsp3) is 0.500. The zero-order chi connectivity index (χ0) is 14.7. The molecule has 6 heteroatoms. The van der Waals surface area contributed by atoms with Crippen LogP contribution in [-0.2, 0) is 4.79 Å². The molecule has 0 heterocycles. The van der Waals surface area contributed by atoms with E-state index in [9.17, 15) is 13.6 Å². The summed E-state index contributed by atoms with van der Waals surface area (Å²) < 4.78 is 27.1. The third-order valence-corrected chi connectivity index (χ3v) is 4.42. The van der Waals surface area contributed by atoms with E-state index in [4.69, 9.17) is 5.73 Å². The molecular weight excluding hydrogens is 330 g/mol. The molecule has 1 fully saturated rings. The van der Waals surface area contributed by atoms with E-state index in [1.807, 2.05) is 0 Å². The summed E-state index contributed by atoms with van der Waals surface area (Å²) in [6, 6.07) is 1.99. The lowest BCUT2D eigenvalue weighted by Gasteiger charge is -2.29. The van der Waals surface area contributed by atoms with Crippen molar-refractivity contribution in [1.82, 2.24) is 0 Å². The molecule has 2 rings (SSSR count). The average Bonchev–Trinajstić information content (AvgIpc) is 2.44. The Balaban J connectivity index is 2.13. The maximum Gasteiger partial charge on any atom is 0.227 e. The SMILES string of the molecule is NCC1CCCCC1C(=O)Nc1cc(F)c(Br)cc1F. The van der Waals surface area contributed by atoms with Crippen LogP contribution in [0.4, 0.5) is 14.5 Å². The van der Waals surface area contributed by atoms with Crippen molar-refractivity contribution in [3.8, 4) is 0 Å². The standard InChI is InChI=1S/C14H17BrF2N2O/c15-10-5-12(17)13(6-11(10)16)19-14(20)9-4-2-1-3-8(9)7-18/h5-6,8-9H,1-4,7,18H2,(H,19,20). The van der Waals surface area contributed by atoms with Gasteiger partial charge in [-0.25, -0.2) is 8.78 Å². The highest BCUT2D eigenvalue weighted by Gasteiger charge is 2.30. The number of hydrogen-bond acceptors (Lipinski definition) is 2. The number of carbonyl (C=O) groups is 1. The molecule has 2 unspecified atom stereocenters. The van der Waals surface area contributed by atoms with E-state index in [0.717, 1.165) is 37.8 Å². The van der Waals surface area contributed by atoms with Crippen LogP contribution in [0.5, 0.6) is 0 Å². The van der Waals surface area contributed by atoms with Gasteiger partial charge in [-0.2, -0.15) is 0 Å². The zero-order valence-electron chi connectivity index (χ0n) is 11.0. The van der Waals surface area contributed by atoms with Gasteiger partial charge in [0.25, 0.3) is 0 Å². The van der Waals surface area contributed by atoms with Gasteiger partial charge in [0, 0.05) is 12.0 Å². The second-order valence-electron chi connectivity index (χ2n) is 5.12. The van der Waals surface area contributed by atoms with Gasteiger partial charge in [0.2, 0.25) is 5.91 Å². The molecule has 0 bridgehead atoms. The molecule has 0 radical (unpaired) electrons. The van der Waals surface area contributed by atoms with E-state index in [0.29, 0.717) is 6.54 Å². The number of carbonyl (C=O) groups excluding carboxylic acids is 1. The molecule has 20 heavy (non-hydrogen) atoms. The van der Waals surface area contributed by atoms with E-state index >= 15 is 0 Å². The van der Waals surface area contributed by atoms with Crippen molar-refractivity contribution in [3.63, 3.8) is 0 Å². The molecule has 1 amide bonds. The summed E-state index contributed by atoms with van der Waals surface area (Å²) >= 11 is 2.90. The molecule has 1 aliphatic rings. The minimum absolute atomic E-state index is 0.0329. The van der Waals surface area contributed by atoms with Crippen LogP contribution in [-0.4, -0.2) is 12.5 Å². The summed E-state index contributed by atoms with van der Waals surface area (Å²) in [6.45, 7) is 0.440. The molecule has 0 saturated heterocycles. The molecule has 3 nitrogen and oxygen atoms in total. The maximum absolute atomic E-state index is 13.7. The highest BCUT2D eigenvalue weighted by Crippen LogP contribution is 2.31. The van der Waals surface area contributed by atoms with Gasteiger partial charge < -0.3 is 11.1 Å². The van der Waals surface area contributed by atoms with Crippen LogP contribution in [0.3, 0.4) is 0 Å². The number of amides is 1. The molecule has 0 spiro atoms. The topological polar surface area (TPSA) is 55.1 Å². The number of nitrogens with one attached hydrogen (secondary N) is 1. The van der Waals surface area contributed by atoms with Gasteiger partial charge in [0.15, 0.2) is 0 Å². The predicted octanol–water partition coefficient (Wildman–Crippen LogP) is 3.43. The van der Waals surface area contributed by atoms with E-state index in [-0.39, 0.29) is 27.9 Å². The van der Waals surface area contributed by atoms with Gasteiger partial charge in [-0.05, 0) is 47.3 Å². The molecule has 0 aromatic heterocycles. The van der Waals surface area contributed by atoms with E-state index < -0.39 is 11.6 Å². The molecule has 1 aromatic carbocycles. The first-order valence-electron chi connectivity index (χ1n) is 6.68. The van der Waals surface area contributed by atoms with Gasteiger partial charge in [-0.1, -0.05) is 12.8 Å². The van der Waals surface area contributed by atoms with Gasteiger partial charge >= 0.3 is 0 Å². The molecule has 2 atom stereocenters. The zero-order valence-corrected chi connectivity index (χ0v) is 12.6. The van der Waals surface area contributed by atoms with Gasteiger partial charge in [-0.3, -0.25) is 4.79 Å². The summed E-state index contributed by atoms with van der Waals surface area (Å²) in [4.78, 5) is 12.2. The van der Waals surface area contributed by atoms with Crippen molar-refractivity contribution in [2.24, 2.45) is 17.6 Å². The van der Waals surface area contributed by atoms with Gasteiger partial charge in [-0.15, -0.1) is 0 Å². The van der Waals surface area contributed by atoms with Crippen molar-refractivity contribution < 1.29 is 13.6 Å². The quantitative estimate of drug-likeness (QED) is 0.823. The van der Waals surface area contributed by atoms with Crippen molar-refractivity contribution in [1.29, 1.82) is 0 Å². The number of nitrogens with two attached hydrogens (primary N) is 1. The Kier molecular flexibility index (Phi) is 5.10. The van der Waals surface area contributed by atoms with Crippen molar-refractivity contribution in [2.45, 2.75) is 25.7 Å². The third kappa shape index (κ3) is 3.35. The predicted molar refractivity (Wildman–Crippen MR) is 77.2 cm³/mol. The number of benzene rings is 1. The number of halogens is 3. The van der Waals surface area contributed by atoms with Crippen LogP contribution in [0.25, 0.3) is 0 Å². The highest BCUT2D eigenvalue weighted by atomic mass is 79.9. The summed E-state index contributed by atoms with van der Waals surface area (Å²) in [5.41, 5.74) is 5.55. The molecule has 0 aliphatic heterocycles. The van der Waals surface area contributed by atoms with Crippen LogP contribution in [0.15, 0.2) is 16.6 Å². The Morgan fingerprint density at radius 3 is 2.70 bits per heavy atom. The van der Waals surface area contributed by atoms with Crippen molar-refractivity contribution in [3.05, 3.63) is 28.2 Å². The lowest BCUT2D eigenvalue weighted by Crippen LogP contribution is -2.35. The molecule has 1 aliphatic carbocycles. The fourth-order valence-corrected chi connectivity index (χ4v) is 2.99. The van der Waals surface area contributed by atoms with Crippen LogP contribution in [0, 0.1) is 23.5 Å². The Hall–Kier alpha value is -1.01. The third-order valence-electron chi connectivity index (χ3n) is 3.82. The monoisotopic (exact) mass is 346 g/mol. The highest BCUT2D eigenvalue weighted by molar-refractivity contribution is 9.10. The minimum Gasteiger partial charge on any atom is -0.330 e. The summed E-state index contributed by atoms with van der Waals surface area (Å²) in [5, 5.41) is 2.48. The first kappa shape index (κ1) is 15.4. The lowest BCUT2D eigenvalue weighted by molar-refractivity contribution is -0.122. The molecule has 3 N–H and O–H groups in total. The van der Waals surface area contributed by atoms with Gasteiger partial charge in [0.05, 0.1) is 10.2 Å². The average molecular weight is 347 g/mol. The molecule has 1 aromatic rings. The minimum atomic E-state index is -0.660. The van der Waals surface area contributed by atoms with E-state index in [1.165, 1.54) is 0 Å². The smallest absolute Gasteiger partial charge is 0.227 e. The molecular formula is C14H17BrF2N2O. The summed E-state index contributed by atoms with van der Waals surface area (Å²) in [6.07, 6.45) is 3.68. The summed E-state index contributed by atoms with van der Waals surface area (Å²) in [5.74, 6) is -1.65. The molecule has 1 saturated carbocycles. The van der Waals surface area contributed by atoms with Crippen LogP contribution in [0.1, 0.15) is 25.7 Å². The largest absolute Gasteiger partial charge is 0.330 e. The maximum atomic E-state index is 13.7. The number of rotatable bonds is 3. The first-order chi connectivity index (χ1) is 9.52.